The fourth-order valence-corrected chi connectivity index (χ4v) is 2.53. The lowest BCUT2D eigenvalue weighted by molar-refractivity contribution is 0.0442. The quantitative estimate of drug-likeness (QED) is 0.736. The van der Waals surface area contributed by atoms with E-state index in [0.717, 1.165) is 38.5 Å². The standard InChI is InChI=1S/C12H24N2O/c1-10-3-6-13-11(10)9-14-12(2)4-7-15-8-5-12/h10-11,13-14H,3-9H2,1-2H3. The zero-order chi connectivity index (χ0) is 10.7. The van der Waals surface area contributed by atoms with E-state index in [4.69, 9.17) is 4.74 Å². The Balaban J connectivity index is 1.76. The van der Waals surface area contributed by atoms with E-state index in [-0.39, 0.29) is 0 Å². The van der Waals surface area contributed by atoms with Gasteiger partial charge >= 0.3 is 0 Å². The summed E-state index contributed by atoms with van der Waals surface area (Å²) >= 11 is 0. The molecule has 2 aliphatic rings. The van der Waals surface area contributed by atoms with Gasteiger partial charge in [0.2, 0.25) is 0 Å². The fraction of sp³-hybridized carbons (Fsp3) is 1.00. The van der Waals surface area contributed by atoms with Crippen LogP contribution in [0, 0.1) is 5.92 Å². The average Bonchev–Trinajstić information content (AvgIpc) is 2.62. The summed E-state index contributed by atoms with van der Waals surface area (Å²) in [6.45, 7) is 8.80. The highest BCUT2D eigenvalue weighted by molar-refractivity contribution is 4.90. The molecule has 0 aromatic rings. The van der Waals surface area contributed by atoms with Gasteiger partial charge in [0.1, 0.15) is 0 Å². The van der Waals surface area contributed by atoms with E-state index < -0.39 is 0 Å². The van der Waals surface area contributed by atoms with Crippen molar-refractivity contribution < 1.29 is 4.74 Å². The maximum atomic E-state index is 5.40. The minimum absolute atomic E-state index is 0.308. The molecule has 2 atom stereocenters. The summed E-state index contributed by atoms with van der Waals surface area (Å²) in [5, 5.41) is 7.30. The lowest BCUT2D eigenvalue weighted by Crippen LogP contribution is -2.51. The van der Waals surface area contributed by atoms with E-state index in [1.165, 1.54) is 13.0 Å². The Morgan fingerprint density at radius 1 is 1.40 bits per heavy atom. The smallest absolute Gasteiger partial charge is 0.0483 e. The van der Waals surface area contributed by atoms with Gasteiger partial charge in [-0.3, -0.25) is 0 Å². The summed E-state index contributed by atoms with van der Waals surface area (Å²) in [6.07, 6.45) is 3.62. The highest BCUT2D eigenvalue weighted by atomic mass is 16.5. The number of rotatable bonds is 3. The Labute approximate surface area is 93.0 Å². The molecule has 3 heteroatoms. The van der Waals surface area contributed by atoms with Crippen molar-refractivity contribution in [2.75, 3.05) is 26.3 Å². The summed E-state index contributed by atoms with van der Waals surface area (Å²) in [5.74, 6) is 0.820. The Kier molecular flexibility index (Phi) is 3.65. The molecular weight excluding hydrogens is 188 g/mol. The monoisotopic (exact) mass is 212 g/mol. The minimum atomic E-state index is 0.308. The van der Waals surface area contributed by atoms with Gasteiger partial charge in [0.15, 0.2) is 0 Å². The van der Waals surface area contributed by atoms with Crippen molar-refractivity contribution in [1.29, 1.82) is 0 Å². The molecule has 2 heterocycles. The molecule has 0 aliphatic carbocycles. The third kappa shape index (κ3) is 2.92. The lowest BCUT2D eigenvalue weighted by atomic mass is 9.91. The normalized spacial score (nSPS) is 35.6. The van der Waals surface area contributed by atoms with E-state index in [1.54, 1.807) is 0 Å². The Hall–Kier alpha value is -0.120. The number of hydrogen-bond donors (Lipinski definition) is 2. The summed E-state index contributed by atoms with van der Waals surface area (Å²) in [4.78, 5) is 0. The van der Waals surface area contributed by atoms with Crippen LogP contribution in [0.4, 0.5) is 0 Å². The number of nitrogens with one attached hydrogen (secondary N) is 2. The zero-order valence-electron chi connectivity index (χ0n) is 10.0. The predicted octanol–water partition coefficient (Wildman–Crippen LogP) is 1.14. The largest absolute Gasteiger partial charge is 0.381 e. The maximum absolute atomic E-state index is 5.40. The first-order chi connectivity index (χ1) is 7.20. The molecule has 2 fully saturated rings. The van der Waals surface area contributed by atoms with E-state index in [1.807, 2.05) is 0 Å². The molecule has 0 spiro atoms. The zero-order valence-corrected chi connectivity index (χ0v) is 10.0. The van der Waals surface area contributed by atoms with E-state index in [9.17, 15) is 0 Å². The van der Waals surface area contributed by atoms with Crippen LogP contribution in [0.3, 0.4) is 0 Å². The molecule has 0 bridgehead atoms. The molecule has 2 saturated heterocycles. The summed E-state index contributed by atoms with van der Waals surface area (Å²) in [5.41, 5.74) is 0.308. The first-order valence-corrected chi connectivity index (χ1v) is 6.26. The molecule has 15 heavy (non-hydrogen) atoms. The van der Waals surface area contributed by atoms with Gasteiger partial charge in [0.25, 0.3) is 0 Å². The molecule has 2 N–H and O–H groups in total. The molecule has 88 valence electrons. The molecular formula is C12H24N2O. The van der Waals surface area contributed by atoms with E-state index >= 15 is 0 Å². The highest BCUT2D eigenvalue weighted by Crippen LogP contribution is 2.21. The van der Waals surface area contributed by atoms with Crippen molar-refractivity contribution >= 4 is 0 Å². The van der Waals surface area contributed by atoms with Gasteiger partial charge in [-0.25, -0.2) is 0 Å². The molecule has 2 aliphatic heterocycles. The van der Waals surface area contributed by atoms with Crippen LogP contribution in [0.2, 0.25) is 0 Å². The molecule has 3 nitrogen and oxygen atoms in total. The number of ether oxygens (including phenoxy) is 1. The van der Waals surface area contributed by atoms with Crippen LogP contribution in [0.1, 0.15) is 33.1 Å². The molecule has 0 saturated carbocycles. The molecule has 0 aromatic heterocycles. The van der Waals surface area contributed by atoms with Gasteiger partial charge in [-0.15, -0.1) is 0 Å². The van der Waals surface area contributed by atoms with Crippen LogP contribution in [0.15, 0.2) is 0 Å². The molecule has 2 unspecified atom stereocenters. The predicted molar refractivity (Wildman–Crippen MR) is 62.0 cm³/mol. The molecule has 0 aromatic carbocycles. The Morgan fingerprint density at radius 2 is 2.13 bits per heavy atom. The van der Waals surface area contributed by atoms with Gasteiger partial charge in [-0.2, -0.15) is 0 Å². The maximum Gasteiger partial charge on any atom is 0.0483 e. The van der Waals surface area contributed by atoms with Crippen molar-refractivity contribution in [1.82, 2.24) is 10.6 Å². The number of hydrogen-bond acceptors (Lipinski definition) is 3. The van der Waals surface area contributed by atoms with Gasteiger partial charge in [0, 0.05) is 31.3 Å². The van der Waals surface area contributed by atoms with E-state index in [2.05, 4.69) is 24.5 Å². The van der Waals surface area contributed by atoms with E-state index in [0.29, 0.717) is 11.6 Å². The van der Waals surface area contributed by atoms with Crippen LogP contribution >= 0.6 is 0 Å². The Bertz CT molecular complexity index is 202. The third-order valence-corrected chi connectivity index (χ3v) is 4.04. The topological polar surface area (TPSA) is 33.3 Å². The minimum Gasteiger partial charge on any atom is -0.381 e. The van der Waals surface area contributed by atoms with Crippen molar-refractivity contribution in [3.8, 4) is 0 Å². The van der Waals surface area contributed by atoms with Crippen molar-refractivity contribution in [2.24, 2.45) is 5.92 Å². The second-order valence-corrected chi connectivity index (χ2v) is 5.38. The Morgan fingerprint density at radius 3 is 2.73 bits per heavy atom. The molecule has 0 radical (unpaired) electrons. The highest BCUT2D eigenvalue weighted by Gasteiger charge is 2.29. The summed E-state index contributed by atoms with van der Waals surface area (Å²) in [6, 6.07) is 0.671. The van der Waals surface area contributed by atoms with Gasteiger partial charge in [0.05, 0.1) is 0 Å². The average molecular weight is 212 g/mol. The second kappa shape index (κ2) is 4.81. The lowest BCUT2D eigenvalue weighted by Gasteiger charge is -2.36. The molecule has 2 rings (SSSR count). The van der Waals surface area contributed by atoms with Crippen LogP contribution in [0.25, 0.3) is 0 Å². The summed E-state index contributed by atoms with van der Waals surface area (Å²) < 4.78 is 5.40. The third-order valence-electron chi connectivity index (χ3n) is 4.04. The van der Waals surface area contributed by atoms with Gasteiger partial charge < -0.3 is 15.4 Å². The first-order valence-electron chi connectivity index (χ1n) is 6.26. The summed E-state index contributed by atoms with van der Waals surface area (Å²) in [7, 11) is 0. The van der Waals surface area contributed by atoms with Crippen molar-refractivity contribution in [2.45, 2.75) is 44.7 Å². The van der Waals surface area contributed by atoms with Crippen molar-refractivity contribution in [3.05, 3.63) is 0 Å². The first kappa shape index (κ1) is 11.4. The van der Waals surface area contributed by atoms with Crippen LogP contribution < -0.4 is 10.6 Å². The van der Waals surface area contributed by atoms with Gasteiger partial charge in [-0.1, -0.05) is 6.92 Å². The van der Waals surface area contributed by atoms with Crippen LogP contribution in [-0.4, -0.2) is 37.9 Å². The fourth-order valence-electron chi connectivity index (χ4n) is 2.53. The van der Waals surface area contributed by atoms with Crippen molar-refractivity contribution in [3.63, 3.8) is 0 Å². The SMILES string of the molecule is CC1CCNC1CNC1(C)CCOCC1. The molecule has 0 amide bonds. The second-order valence-electron chi connectivity index (χ2n) is 5.38. The van der Waals surface area contributed by atoms with Crippen LogP contribution in [-0.2, 0) is 4.74 Å². The van der Waals surface area contributed by atoms with Crippen LogP contribution in [0.5, 0.6) is 0 Å². The van der Waals surface area contributed by atoms with Gasteiger partial charge in [-0.05, 0) is 38.6 Å².